The van der Waals surface area contributed by atoms with E-state index in [1.807, 2.05) is 0 Å². The predicted octanol–water partition coefficient (Wildman–Crippen LogP) is 2.92. The van der Waals surface area contributed by atoms with Crippen LogP contribution in [-0.4, -0.2) is 22.8 Å². The molecule has 1 rings (SSSR count). The number of nitrogens with two attached hydrogens (primary N) is 1. The van der Waals surface area contributed by atoms with Crippen LogP contribution < -0.4 is 5.73 Å². The molecule has 0 saturated carbocycles. The average Bonchev–Trinajstić information content (AvgIpc) is 2.24. The molecule has 0 aliphatic heterocycles. The molecule has 0 saturated heterocycles. The minimum Gasteiger partial charge on any atom is -0.478 e. The highest BCUT2D eigenvalue weighted by atomic mass is 35.5. The molecule has 0 fully saturated rings. The van der Waals surface area contributed by atoms with Crippen LogP contribution in [0.2, 0.25) is 10.0 Å². The maximum atomic E-state index is 10.7. The van der Waals surface area contributed by atoms with Gasteiger partial charge in [0.2, 0.25) is 0 Å². The number of rotatable bonds is 3. The Morgan fingerprint density at radius 2 is 2.00 bits per heavy atom. The van der Waals surface area contributed by atoms with Crippen molar-refractivity contribution in [2.75, 3.05) is 5.88 Å². The summed E-state index contributed by atoms with van der Waals surface area (Å²) in [7, 11) is 0. The summed E-state index contributed by atoms with van der Waals surface area (Å²) < 4.78 is 0. The van der Waals surface area contributed by atoms with Crippen molar-refractivity contribution in [1.82, 2.24) is 0 Å². The predicted molar refractivity (Wildman–Crippen MR) is 65.4 cm³/mol. The third-order valence-electron chi connectivity index (χ3n) is 1.69. The third-order valence-corrected chi connectivity index (χ3v) is 2.84. The van der Waals surface area contributed by atoms with Gasteiger partial charge in [-0.15, -0.1) is 11.6 Å². The minimum atomic E-state index is -1.16. The SMILES string of the molecule is NC(CCl)=Nc1ccc(C(=O)O)c(Cl)c1Cl. The maximum Gasteiger partial charge on any atom is 0.337 e. The molecule has 0 amide bonds. The van der Waals surface area contributed by atoms with Crippen LogP contribution in [0.25, 0.3) is 0 Å². The molecular weight excluding hydrogens is 274 g/mol. The lowest BCUT2D eigenvalue weighted by Crippen LogP contribution is -2.12. The number of benzene rings is 1. The monoisotopic (exact) mass is 280 g/mol. The summed E-state index contributed by atoms with van der Waals surface area (Å²) >= 11 is 17.1. The quantitative estimate of drug-likeness (QED) is 0.508. The molecule has 0 radical (unpaired) electrons. The molecule has 1 aromatic rings. The van der Waals surface area contributed by atoms with Crippen LogP contribution in [0.5, 0.6) is 0 Å². The number of halogens is 3. The van der Waals surface area contributed by atoms with Crippen molar-refractivity contribution in [1.29, 1.82) is 0 Å². The van der Waals surface area contributed by atoms with Crippen molar-refractivity contribution in [2.24, 2.45) is 10.7 Å². The highest BCUT2D eigenvalue weighted by Gasteiger charge is 2.14. The molecule has 0 spiro atoms. The highest BCUT2D eigenvalue weighted by molar-refractivity contribution is 6.45. The lowest BCUT2D eigenvalue weighted by Gasteiger charge is -2.04. The van der Waals surface area contributed by atoms with Gasteiger partial charge in [0.1, 0.15) is 5.84 Å². The summed E-state index contributed by atoms with van der Waals surface area (Å²) in [5.74, 6) is -0.940. The lowest BCUT2D eigenvalue weighted by atomic mass is 10.2. The van der Waals surface area contributed by atoms with E-state index in [4.69, 9.17) is 45.6 Å². The Hall–Kier alpha value is -0.970. The number of carbonyl (C=O) groups is 1. The van der Waals surface area contributed by atoms with Gasteiger partial charge >= 0.3 is 5.97 Å². The summed E-state index contributed by atoms with van der Waals surface area (Å²) in [5.41, 5.74) is 5.62. The van der Waals surface area contributed by atoms with Crippen molar-refractivity contribution in [3.63, 3.8) is 0 Å². The van der Waals surface area contributed by atoms with Gasteiger partial charge in [-0.25, -0.2) is 9.79 Å². The topological polar surface area (TPSA) is 75.7 Å². The Morgan fingerprint density at radius 1 is 1.38 bits per heavy atom. The summed E-state index contributed by atoms with van der Waals surface area (Å²) in [6, 6.07) is 2.72. The highest BCUT2D eigenvalue weighted by Crippen LogP contribution is 2.34. The van der Waals surface area contributed by atoms with Gasteiger partial charge in [-0.05, 0) is 12.1 Å². The van der Waals surface area contributed by atoms with Crippen molar-refractivity contribution in [3.8, 4) is 0 Å². The molecule has 0 aliphatic rings. The summed E-state index contributed by atoms with van der Waals surface area (Å²) in [6.45, 7) is 0. The molecule has 1 aromatic carbocycles. The minimum absolute atomic E-state index is 0.0367. The number of aliphatic imine (C=N–C) groups is 1. The van der Waals surface area contributed by atoms with Crippen molar-refractivity contribution in [2.45, 2.75) is 0 Å². The fourth-order valence-corrected chi connectivity index (χ4v) is 1.48. The van der Waals surface area contributed by atoms with Gasteiger partial charge in [0, 0.05) is 0 Å². The Labute approximate surface area is 107 Å². The molecule has 4 nitrogen and oxygen atoms in total. The molecule has 0 atom stereocenters. The molecule has 7 heteroatoms. The summed E-state index contributed by atoms with van der Waals surface area (Å²) in [6.07, 6.45) is 0. The normalized spacial score (nSPS) is 11.6. The first-order valence-electron chi connectivity index (χ1n) is 4.07. The van der Waals surface area contributed by atoms with E-state index in [-0.39, 0.29) is 33.0 Å². The van der Waals surface area contributed by atoms with Crippen LogP contribution in [0.1, 0.15) is 10.4 Å². The summed E-state index contributed by atoms with van der Waals surface area (Å²) in [5, 5.41) is 8.75. The van der Waals surface area contributed by atoms with Crippen molar-refractivity contribution in [3.05, 3.63) is 27.7 Å². The van der Waals surface area contributed by atoms with Gasteiger partial charge in [-0.1, -0.05) is 23.2 Å². The van der Waals surface area contributed by atoms with Crippen molar-refractivity contribution >= 4 is 52.3 Å². The van der Waals surface area contributed by atoms with Crippen LogP contribution in [0, 0.1) is 0 Å². The van der Waals surface area contributed by atoms with E-state index in [9.17, 15) is 4.79 Å². The average molecular weight is 282 g/mol. The Balaban J connectivity index is 3.27. The van der Waals surface area contributed by atoms with Gasteiger partial charge in [0.25, 0.3) is 0 Å². The van der Waals surface area contributed by atoms with Gasteiger partial charge in [0.05, 0.1) is 27.2 Å². The number of carboxylic acids is 1. The molecule has 0 aromatic heterocycles. The largest absolute Gasteiger partial charge is 0.478 e. The van der Waals surface area contributed by atoms with Crippen LogP contribution in [0.3, 0.4) is 0 Å². The number of nitrogens with zero attached hydrogens (tertiary/aromatic N) is 1. The Morgan fingerprint density at radius 3 is 2.50 bits per heavy atom. The number of hydrogen-bond acceptors (Lipinski definition) is 2. The number of alkyl halides is 1. The number of amidine groups is 1. The number of hydrogen-bond donors (Lipinski definition) is 2. The molecule has 0 unspecified atom stereocenters. The Kier molecular flexibility index (Phi) is 4.41. The van der Waals surface area contributed by atoms with Gasteiger partial charge in [0.15, 0.2) is 0 Å². The number of carboxylic acid groups (broad SMARTS) is 1. The molecule has 0 bridgehead atoms. The van der Waals surface area contributed by atoms with Gasteiger partial charge < -0.3 is 10.8 Å². The van der Waals surface area contributed by atoms with E-state index in [1.54, 1.807) is 0 Å². The fourth-order valence-electron chi connectivity index (χ4n) is 0.975. The Bertz CT molecular complexity index is 460. The smallest absolute Gasteiger partial charge is 0.337 e. The van der Waals surface area contributed by atoms with Crippen LogP contribution in [0.15, 0.2) is 17.1 Å². The van der Waals surface area contributed by atoms with Crippen molar-refractivity contribution < 1.29 is 9.90 Å². The van der Waals surface area contributed by atoms with E-state index < -0.39 is 5.97 Å². The van der Waals surface area contributed by atoms with E-state index >= 15 is 0 Å². The van der Waals surface area contributed by atoms with Gasteiger partial charge in [-0.2, -0.15) is 0 Å². The molecule has 0 aliphatic carbocycles. The van der Waals surface area contributed by atoms with E-state index in [1.165, 1.54) is 12.1 Å². The first-order valence-corrected chi connectivity index (χ1v) is 5.36. The van der Waals surface area contributed by atoms with Crippen LogP contribution in [-0.2, 0) is 0 Å². The molecule has 3 N–H and O–H groups in total. The zero-order chi connectivity index (χ0) is 12.3. The molecule has 86 valence electrons. The molecular formula is C9H7Cl3N2O2. The molecule has 0 heterocycles. The number of aromatic carboxylic acids is 1. The van der Waals surface area contributed by atoms with Crippen LogP contribution >= 0.6 is 34.8 Å². The summed E-state index contributed by atoms with van der Waals surface area (Å²) in [4.78, 5) is 14.6. The van der Waals surface area contributed by atoms with Crippen LogP contribution in [0.4, 0.5) is 5.69 Å². The second kappa shape index (κ2) is 5.39. The maximum absolute atomic E-state index is 10.7. The second-order valence-corrected chi connectivity index (χ2v) is 3.83. The lowest BCUT2D eigenvalue weighted by molar-refractivity contribution is 0.0697. The first-order chi connectivity index (χ1) is 7.47. The standard InChI is InChI=1S/C9H7Cl3N2O2/c10-3-6(13)14-5-2-1-4(9(15)16)7(11)8(5)12/h1-2H,3H2,(H2,13,14)(H,15,16). The zero-order valence-corrected chi connectivity index (χ0v) is 10.1. The fraction of sp³-hybridized carbons (Fsp3) is 0.111. The first kappa shape index (κ1) is 13.1. The van der Waals surface area contributed by atoms with E-state index in [0.29, 0.717) is 0 Å². The second-order valence-electron chi connectivity index (χ2n) is 2.80. The van der Waals surface area contributed by atoms with E-state index in [0.717, 1.165) is 0 Å². The third kappa shape index (κ3) is 2.78. The zero-order valence-electron chi connectivity index (χ0n) is 7.88. The van der Waals surface area contributed by atoms with E-state index in [2.05, 4.69) is 4.99 Å². The molecule has 16 heavy (non-hydrogen) atoms. The van der Waals surface area contributed by atoms with Gasteiger partial charge in [-0.3, -0.25) is 0 Å².